The van der Waals surface area contributed by atoms with E-state index in [9.17, 15) is 4.79 Å². The third-order valence-corrected chi connectivity index (χ3v) is 2.84. The number of aromatic nitrogens is 1. The van der Waals surface area contributed by atoms with Crippen molar-refractivity contribution in [3.05, 3.63) is 53.9 Å². The van der Waals surface area contributed by atoms with Crippen molar-refractivity contribution in [2.75, 3.05) is 17.7 Å². The second-order valence-corrected chi connectivity index (χ2v) is 4.36. The monoisotopic (exact) mass is 256 g/mol. The molecule has 0 spiro atoms. The van der Waals surface area contributed by atoms with E-state index in [-0.39, 0.29) is 0 Å². The molecule has 0 aliphatic heterocycles. The van der Waals surface area contributed by atoms with Gasteiger partial charge in [-0.05, 0) is 29.8 Å². The van der Waals surface area contributed by atoms with Crippen molar-refractivity contribution in [3.63, 3.8) is 0 Å². The Morgan fingerprint density at radius 3 is 2.79 bits per heavy atom. The predicted octanol–water partition coefficient (Wildman–Crippen LogP) is 1.40. The van der Waals surface area contributed by atoms with Gasteiger partial charge < -0.3 is 16.4 Å². The first-order valence-corrected chi connectivity index (χ1v) is 5.87. The maximum Gasteiger partial charge on any atom is 0.250 e. The average Bonchev–Trinajstić information content (AvgIpc) is 2.39. The van der Waals surface area contributed by atoms with Crippen molar-refractivity contribution in [3.8, 4) is 0 Å². The van der Waals surface area contributed by atoms with Gasteiger partial charge in [0.2, 0.25) is 0 Å². The van der Waals surface area contributed by atoms with Crippen molar-refractivity contribution in [2.24, 2.45) is 5.73 Å². The zero-order valence-electron chi connectivity index (χ0n) is 10.7. The molecule has 0 atom stereocenters. The Morgan fingerprint density at radius 2 is 2.16 bits per heavy atom. The zero-order chi connectivity index (χ0) is 13.8. The minimum absolute atomic E-state index is 0.459. The third kappa shape index (κ3) is 3.01. The number of nitrogens with zero attached hydrogens (tertiary/aromatic N) is 2. The Hall–Kier alpha value is -2.56. The normalized spacial score (nSPS) is 10.2. The summed E-state index contributed by atoms with van der Waals surface area (Å²) < 4.78 is 0. The van der Waals surface area contributed by atoms with Crippen LogP contribution < -0.4 is 16.4 Å². The number of nitrogen functional groups attached to an aromatic ring is 1. The minimum Gasteiger partial charge on any atom is -0.399 e. The Kier molecular flexibility index (Phi) is 3.66. The Balaban J connectivity index is 2.30. The van der Waals surface area contributed by atoms with E-state index < -0.39 is 5.91 Å². The first-order chi connectivity index (χ1) is 9.08. The second-order valence-electron chi connectivity index (χ2n) is 4.36. The molecule has 19 heavy (non-hydrogen) atoms. The van der Waals surface area contributed by atoms with E-state index in [0.717, 1.165) is 11.3 Å². The summed E-state index contributed by atoms with van der Waals surface area (Å²) in [5.41, 5.74) is 14.0. The summed E-state index contributed by atoms with van der Waals surface area (Å²) in [5, 5.41) is 0. The van der Waals surface area contributed by atoms with Crippen LogP contribution in [0, 0.1) is 0 Å². The van der Waals surface area contributed by atoms with Crippen molar-refractivity contribution in [1.29, 1.82) is 0 Å². The molecule has 4 N–H and O–H groups in total. The number of nitrogens with two attached hydrogens (primary N) is 2. The summed E-state index contributed by atoms with van der Waals surface area (Å²) >= 11 is 0. The van der Waals surface area contributed by atoms with Crippen molar-refractivity contribution in [1.82, 2.24) is 4.98 Å². The van der Waals surface area contributed by atoms with Crippen LogP contribution in [0.15, 0.2) is 42.7 Å². The van der Waals surface area contributed by atoms with Crippen LogP contribution in [0.25, 0.3) is 0 Å². The quantitative estimate of drug-likeness (QED) is 0.810. The van der Waals surface area contributed by atoms with Gasteiger partial charge in [0.25, 0.3) is 5.91 Å². The maximum absolute atomic E-state index is 11.4. The number of hydrogen-bond donors (Lipinski definition) is 2. The van der Waals surface area contributed by atoms with Gasteiger partial charge in [-0.2, -0.15) is 0 Å². The molecule has 0 saturated heterocycles. The van der Waals surface area contributed by atoms with E-state index in [1.54, 1.807) is 30.6 Å². The molecule has 5 heteroatoms. The van der Waals surface area contributed by atoms with Gasteiger partial charge in [-0.25, -0.2) is 0 Å². The summed E-state index contributed by atoms with van der Waals surface area (Å²) in [4.78, 5) is 17.4. The highest BCUT2D eigenvalue weighted by molar-refractivity contribution is 5.99. The average molecular weight is 256 g/mol. The smallest absolute Gasteiger partial charge is 0.250 e. The molecule has 5 nitrogen and oxygen atoms in total. The first kappa shape index (κ1) is 12.9. The van der Waals surface area contributed by atoms with Gasteiger partial charge in [0.15, 0.2) is 0 Å². The second kappa shape index (κ2) is 5.39. The van der Waals surface area contributed by atoms with Gasteiger partial charge >= 0.3 is 0 Å². The highest BCUT2D eigenvalue weighted by Gasteiger charge is 2.12. The molecule has 0 aliphatic rings. The van der Waals surface area contributed by atoms with E-state index in [4.69, 9.17) is 11.5 Å². The highest BCUT2D eigenvalue weighted by Crippen LogP contribution is 2.23. The van der Waals surface area contributed by atoms with Crippen LogP contribution in [0.1, 0.15) is 15.9 Å². The van der Waals surface area contributed by atoms with E-state index in [1.165, 1.54) is 0 Å². The Labute approximate surface area is 111 Å². The van der Waals surface area contributed by atoms with Crippen LogP contribution in [-0.2, 0) is 6.54 Å². The summed E-state index contributed by atoms with van der Waals surface area (Å²) in [6.45, 7) is 0.623. The fourth-order valence-electron chi connectivity index (χ4n) is 1.92. The summed E-state index contributed by atoms with van der Waals surface area (Å²) in [6.07, 6.45) is 3.51. The Bertz CT molecular complexity index is 583. The lowest BCUT2D eigenvalue weighted by molar-refractivity contribution is 0.100. The SMILES string of the molecule is CN(Cc1cccnc1)c1cc(N)ccc1C(N)=O. The molecule has 0 unspecified atom stereocenters. The number of hydrogen-bond acceptors (Lipinski definition) is 4. The molecule has 0 saturated carbocycles. The standard InChI is InChI=1S/C14H16N4O/c1-18(9-10-3-2-6-17-8-10)13-7-11(15)4-5-12(13)14(16)19/h2-8H,9,15H2,1H3,(H2,16,19). The molecule has 0 fully saturated rings. The molecule has 0 bridgehead atoms. The number of carbonyl (C=O) groups excluding carboxylic acids is 1. The van der Waals surface area contributed by atoms with Gasteiger partial charge in [-0.1, -0.05) is 6.07 Å². The number of benzene rings is 1. The molecule has 98 valence electrons. The highest BCUT2D eigenvalue weighted by atomic mass is 16.1. The van der Waals surface area contributed by atoms with Gasteiger partial charge in [-0.3, -0.25) is 9.78 Å². The molecular formula is C14H16N4O. The third-order valence-electron chi connectivity index (χ3n) is 2.84. The van der Waals surface area contributed by atoms with Crippen LogP contribution in [0.5, 0.6) is 0 Å². The molecule has 0 radical (unpaired) electrons. The number of carbonyl (C=O) groups is 1. The van der Waals surface area contributed by atoms with Crippen molar-refractivity contribution >= 4 is 17.3 Å². The Morgan fingerprint density at radius 1 is 1.37 bits per heavy atom. The molecule has 2 aromatic rings. The van der Waals surface area contributed by atoms with Crippen molar-refractivity contribution in [2.45, 2.75) is 6.54 Å². The van der Waals surface area contributed by atoms with Crippen LogP contribution in [0.4, 0.5) is 11.4 Å². The minimum atomic E-state index is -0.465. The molecule has 2 rings (SSSR count). The maximum atomic E-state index is 11.4. The summed E-state index contributed by atoms with van der Waals surface area (Å²) in [5.74, 6) is -0.465. The molecule has 1 aromatic carbocycles. The number of anilines is 2. The summed E-state index contributed by atoms with van der Waals surface area (Å²) in [7, 11) is 1.88. The zero-order valence-corrected chi connectivity index (χ0v) is 10.7. The lowest BCUT2D eigenvalue weighted by Gasteiger charge is -2.22. The lowest BCUT2D eigenvalue weighted by atomic mass is 10.1. The van der Waals surface area contributed by atoms with E-state index in [1.807, 2.05) is 24.1 Å². The molecule has 1 amide bonds. The predicted molar refractivity (Wildman–Crippen MR) is 75.7 cm³/mol. The van der Waals surface area contributed by atoms with Gasteiger partial charge in [0.1, 0.15) is 0 Å². The van der Waals surface area contributed by atoms with Crippen LogP contribution in [-0.4, -0.2) is 17.9 Å². The number of pyridine rings is 1. The molecular weight excluding hydrogens is 240 g/mol. The summed E-state index contributed by atoms with van der Waals surface area (Å²) in [6, 6.07) is 8.90. The fourth-order valence-corrected chi connectivity index (χ4v) is 1.92. The largest absolute Gasteiger partial charge is 0.399 e. The van der Waals surface area contributed by atoms with Gasteiger partial charge in [0, 0.05) is 31.7 Å². The van der Waals surface area contributed by atoms with Crippen LogP contribution in [0.2, 0.25) is 0 Å². The first-order valence-electron chi connectivity index (χ1n) is 5.87. The van der Waals surface area contributed by atoms with Crippen LogP contribution in [0.3, 0.4) is 0 Å². The van der Waals surface area contributed by atoms with Crippen molar-refractivity contribution < 1.29 is 4.79 Å². The molecule has 1 aromatic heterocycles. The van der Waals surface area contributed by atoms with Crippen LogP contribution >= 0.6 is 0 Å². The number of amides is 1. The van der Waals surface area contributed by atoms with Gasteiger partial charge in [0.05, 0.1) is 11.3 Å². The van der Waals surface area contributed by atoms with E-state index >= 15 is 0 Å². The van der Waals surface area contributed by atoms with E-state index in [2.05, 4.69) is 4.98 Å². The molecule has 1 heterocycles. The van der Waals surface area contributed by atoms with E-state index in [0.29, 0.717) is 17.8 Å². The number of primary amides is 1. The fraction of sp³-hybridized carbons (Fsp3) is 0.143. The molecule has 0 aliphatic carbocycles. The van der Waals surface area contributed by atoms with Gasteiger partial charge in [-0.15, -0.1) is 0 Å². The number of rotatable bonds is 4. The lowest BCUT2D eigenvalue weighted by Crippen LogP contribution is -2.22. The topological polar surface area (TPSA) is 85.2 Å².